The molecule has 0 bridgehead atoms. The maximum Gasteiger partial charge on any atom is 0.0409 e. The summed E-state index contributed by atoms with van der Waals surface area (Å²) in [6.45, 7) is 0. The minimum absolute atomic E-state index is 0.137. The molecule has 0 amide bonds. The lowest BCUT2D eigenvalue weighted by Gasteiger charge is -2.11. The summed E-state index contributed by atoms with van der Waals surface area (Å²) in [4.78, 5) is 1.32. The first-order valence-electron chi connectivity index (χ1n) is 5.24. The second-order valence-electron chi connectivity index (χ2n) is 4.32. The third-order valence-electron chi connectivity index (χ3n) is 3.03. The van der Waals surface area contributed by atoms with Gasteiger partial charge in [0.1, 0.15) is 0 Å². The molecule has 82 valence electrons. The molecule has 2 rings (SSSR count). The molecule has 1 fully saturated rings. The van der Waals surface area contributed by atoms with Crippen LogP contribution >= 0.6 is 23.4 Å². The SMILES string of the molecule is CSc1ccc(Cl)cc1CCC1(N)CC1. The van der Waals surface area contributed by atoms with Crippen LogP contribution in [0.3, 0.4) is 0 Å². The van der Waals surface area contributed by atoms with Gasteiger partial charge in [0.2, 0.25) is 0 Å². The average Bonchev–Trinajstić information content (AvgIpc) is 2.95. The number of rotatable bonds is 4. The normalized spacial score (nSPS) is 17.8. The summed E-state index contributed by atoms with van der Waals surface area (Å²) >= 11 is 7.77. The predicted octanol–water partition coefficient (Wildman–Crippen LogP) is 3.49. The number of hydrogen-bond donors (Lipinski definition) is 1. The molecule has 0 radical (unpaired) electrons. The molecule has 1 aliphatic carbocycles. The largest absolute Gasteiger partial charge is 0.325 e. The van der Waals surface area contributed by atoms with Gasteiger partial charge in [-0.2, -0.15) is 0 Å². The lowest BCUT2D eigenvalue weighted by atomic mass is 10.0. The van der Waals surface area contributed by atoms with Gasteiger partial charge in [-0.1, -0.05) is 11.6 Å². The summed E-state index contributed by atoms with van der Waals surface area (Å²) in [5, 5.41) is 0.824. The number of hydrogen-bond acceptors (Lipinski definition) is 2. The predicted molar refractivity (Wildman–Crippen MR) is 67.7 cm³/mol. The van der Waals surface area contributed by atoms with Crippen LogP contribution in [0, 0.1) is 0 Å². The van der Waals surface area contributed by atoms with Crippen molar-refractivity contribution in [2.24, 2.45) is 5.73 Å². The van der Waals surface area contributed by atoms with E-state index in [2.05, 4.69) is 18.4 Å². The van der Waals surface area contributed by atoms with Crippen LogP contribution < -0.4 is 5.73 Å². The van der Waals surface area contributed by atoms with Crippen molar-refractivity contribution in [3.05, 3.63) is 28.8 Å². The van der Waals surface area contributed by atoms with Crippen molar-refractivity contribution < 1.29 is 0 Å². The van der Waals surface area contributed by atoms with Crippen molar-refractivity contribution in [1.82, 2.24) is 0 Å². The molecule has 0 aromatic heterocycles. The van der Waals surface area contributed by atoms with Crippen LogP contribution in [0.4, 0.5) is 0 Å². The Morgan fingerprint density at radius 2 is 2.20 bits per heavy atom. The highest BCUT2D eigenvalue weighted by Crippen LogP contribution is 2.37. The lowest BCUT2D eigenvalue weighted by Crippen LogP contribution is -2.22. The summed E-state index contributed by atoms with van der Waals surface area (Å²) in [6.07, 6.45) is 6.60. The van der Waals surface area contributed by atoms with Crippen molar-refractivity contribution >= 4 is 23.4 Å². The molecule has 1 aromatic rings. The zero-order valence-corrected chi connectivity index (χ0v) is 10.5. The molecule has 1 aliphatic rings. The molecule has 0 atom stereocenters. The molecular weight excluding hydrogens is 226 g/mol. The maximum atomic E-state index is 6.08. The van der Waals surface area contributed by atoms with Crippen molar-refractivity contribution in [1.29, 1.82) is 0 Å². The monoisotopic (exact) mass is 241 g/mol. The smallest absolute Gasteiger partial charge is 0.0409 e. The van der Waals surface area contributed by atoms with Gasteiger partial charge >= 0.3 is 0 Å². The van der Waals surface area contributed by atoms with Gasteiger partial charge in [-0.3, -0.25) is 0 Å². The van der Waals surface area contributed by atoms with Crippen molar-refractivity contribution in [3.63, 3.8) is 0 Å². The quantitative estimate of drug-likeness (QED) is 0.817. The fourth-order valence-corrected chi connectivity index (χ4v) is 2.56. The van der Waals surface area contributed by atoms with E-state index in [4.69, 9.17) is 17.3 Å². The minimum atomic E-state index is 0.137. The van der Waals surface area contributed by atoms with Crippen LogP contribution in [0.25, 0.3) is 0 Å². The van der Waals surface area contributed by atoms with Gasteiger partial charge in [-0.15, -0.1) is 11.8 Å². The first-order valence-corrected chi connectivity index (χ1v) is 6.84. The van der Waals surface area contributed by atoms with Gasteiger partial charge in [-0.25, -0.2) is 0 Å². The molecule has 1 nitrogen and oxygen atoms in total. The molecule has 0 unspecified atom stereocenters. The number of halogens is 1. The van der Waals surface area contributed by atoms with E-state index in [0.717, 1.165) is 17.9 Å². The Morgan fingerprint density at radius 3 is 2.80 bits per heavy atom. The van der Waals surface area contributed by atoms with E-state index >= 15 is 0 Å². The molecule has 1 saturated carbocycles. The molecule has 2 N–H and O–H groups in total. The van der Waals surface area contributed by atoms with E-state index in [1.165, 1.54) is 23.3 Å². The number of benzene rings is 1. The van der Waals surface area contributed by atoms with E-state index in [1.54, 1.807) is 11.8 Å². The van der Waals surface area contributed by atoms with Gasteiger partial charge in [0.15, 0.2) is 0 Å². The van der Waals surface area contributed by atoms with Gasteiger partial charge in [-0.05, 0) is 55.7 Å². The van der Waals surface area contributed by atoms with Crippen LogP contribution in [0.2, 0.25) is 5.02 Å². The zero-order chi connectivity index (χ0) is 10.9. The summed E-state index contributed by atoms with van der Waals surface area (Å²) < 4.78 is 0. The van der Waals surface area contributed by atoms with Crippen LogP contribution in [0.5, 0.6) is 0 Å². The molecule has 1 aromatic carbocycles. The second-order valence-corrected chi connectivity index (χ2v) is 5.60. The molecular formula is C12H16ClNS. The highest BCUT2D eigenvalue weighted by molar-refractivity contribution is 7.98. The molecule has 0 spiro atoms. The summed E-state index contributed by atoms with van der Waals surface area (Å²) in [7, 11) is 0. The fraction of sp³-hybridized carbons (Fsp3) is 0.500. The second kappa shape index (κ2) is 4.36. The number of aryl methyl sites for hydroxylation is 1. The van der Waals surface area contributed by atoms with E-state index in [0.29, 0.717) is 0 Å². The van der Waals surface area contributed by atoms with Gasteiger partial charge in [0.25, 0.3) is 0 Å². The molecule has 3 heteroatoms. The summed E-state index contributed by atoms with van der Waals surface area (Å²) in [5.41, 5.74) is 7.56. The molecule has 0 aliphatic heterocycles. The molecule has 0 heterocycles. The first-order chi connectivity index (χ1) is 7.13. The Kier molecular flexibility index (Phi) is 3.29. The van der Waals surface area contributed by atoms with Gasteiger partial charge in [0.05, 0.1) is 0 Å². The lowest BCUT2D eigenvalue weighted by molar-refractivity contribution is 0.606. The summed E-state index contributed by atoms with van der Waals surface area (Å²) in [5.74, 6) is 0. The van der Waals surface area contributed by atoms with Crippen molar-refractivity contribution in [2.45, 2.75) is 36.1 Å². The maximum absolute atomic E-state index is 6.08. The standard InChI is InChI=1S/C12H16ClNS/c1-15-11-3-2-10(13)8-9(11)4-5-12(14)6-7-12/h2-3,8H,4-7,14H2,1H3. The zero-order valence-electron chi connectivity index (χ0n) is 8.92. The van der Waals surface area contributed by atoms with Crippen LogP contribution in [-0.4, -0.2) is 11.8 Å². The van der Waals surface area contributed by atoms with Crippen LogP contribution in [-0.2, 0) is 6.42 Å². The van der Waals surface area contributed by atoms with Gasteiger partial charge in [0, 0.05) is 15.5 Å². The minimum Gasteiger partial charge on any atom is -0.325 e. The van der Waals surface area contributed by atoms with Crippen molar-refractivity contribution in [3.8, 4) is 0 Å². The third kappa shape index (κ3) is 2.90. The highest BCUT2D eigenvalue weighted by Gasteiger charge is 2.37. The van der Waals surface area contributed by atoms with Crippen LogP contribution in [0.1, 0.15) is 24.8 Å². The Morgan fingerprint density at radius 1 is 1.47 bits per heavy atom. The number of thioether (sulfide) groups is 1. The molecule has 0 saturated heterocycles. The van der Waals surface area contributed by atoms with Crippen LogP contribution in [0.15, 0.2) is 23.1 Å². The fourth-order valence-electron chi connectivity index (χ4n) is 1.74. The third-order valence-corrected chi connectivity index (χ3v) is 4.10. The first kappa shape index (κ1) is 11.3. The Hall–Kier alpha value is -0.180. The molecule has 15 heavy (non-hydrogen) atoms. The Labute approximate surface area is 100 Å². The number of nitrogens with two attached hydrogens (primary N) is 1. The van der Waals surface area contributed by atoms with E-state index in [-0.39, 0.29) is 5.54 Å². The van der Waals surface area contributed by atoms with E-state index in [1.807, 2.05) is 6.07 Å². The van der Waals surface area contributed by atoms with Crippen molar-refractivity contribution in [2.75, 3.05) is 6.26 Å². The Balaban J connectivity index is 2.08. The van der Waals surface area contributed by atoms with E-state index < -0.39 is 0 Å². The summed E-state index contributed by atoms with van der Waals surface area (Å²) in [6, 6.07) is 6.11. The Bertz CT molecular complexity index is 361. The highest BCUT2D eigenvalue weighted by atomic mass is 35.5. The average molecular weight is 242 g/mol. The van der Waals surface area contributed by atoms with Gasteiger partial charge < -0.3 is 5.73 Å². The van der Waals surface area contributed by atoms with E-state index in [9.17, 15) is 0 Å². The topological polar surface area (TPSA) is 26.0 Å².